The van der Waals surface area contributed by atoms with E-state index >= 15 is 0 Å². The number of Topliss-reactive ketones (excluding diaryl/α,β-unsaturated/α-hetero) is 1. The summed E-state index contributed by atoms with van der Waals surface area (Å²) in [6, 6.07) is -0.504. The Morgan fingerprint density at radius 3 is 1.62 bits per heavy atom. The van der Waals surface area contributed by atoms with Crippen LogP contribution in [0.1, 0.15) is 219 Å². The fraction of sp³-hybridized carbons (Fsp3) is 0.870. The molecule has 0 aromatic rings. The van der Waals surface area contributed by atoms with E-state index in [1.54, 1.807) is 6.92 Å². The number of nitrogens with one attached hydrogen (secondary N) is 3. The molecular weight excluding hydrogens is 689 g/mol. The van der Waals surface area contributed by atoms with Crippen molar-refractivity contribution >= 4 is 23.5 Å². The van der Waals surface area contributed by atoms with Gasteiger partial charge in [0.15, 0.2) is 0 Å². The average Bonchev–Trinajstić information content (AvgIpc) is 3.16. The van der Waals surface area contributed by atoms with Gasteiger partial charge in [-0.25, -0.2) is 0 Å². The first-order valence-electron chi connectivity index (χ1n) is 23.1. The predicted molar refractivity (Wildman–Crippen MR) is 229 cm³/mol. The standard InChI is InChI=1S/C46H86N4O5/c1-4-5-6-7-8-9-10-11-12-13-14-15-16-17-18-19-23-29-44(53)49-37-40-30-32-41(33-31-40)46(55)50-43(39(3)52)34-35-45(54)48-36-25-24-28-42(47)27-22-20-21-26-38(2)51/h40-43,52H,3-37,47H2,1-2H3,(H,48,54)(H,49,53)(H,50,55)/t40?,41?,42?,43-/m0/s1. The minimum absolute atomic E-state index is 0.0999. The maximum absolute atomic E-state index is 13.0. The summed E-state index contributed by atoms with van der Waals surface area (Å²) in [5.41, 5.74) is 6.21. The predicted octanol–water partition coefficient (Wildman–Crippen LogP) is 10.4. The molecule has 6 N–H and O–H groups in total. The van der Waals surface area contributed by atoms with Crippen molar-refractivity contribution in [2.45, 2.75) is 231 Å². The quantitative estimate of drug-likeness (QED) is 0.0313. The van der Waals surface area contributed by atoms with E-state index in [-0.39, 0.29) is 47.6 Å². The Hall–Kier alpha value is -2.42. The molecule has 3 amide bonds. The number of ketones is 1. The lowest BCUT2D eigenvalue weighted by molar-refractivity contribution is -0.128. The number of amides is 3. The van der Waals surface area contributed by atoms with Gasteiger partial charge in [0.1, 0.15) is 11.5 Å². The normalized spacial score (nSPS) is 16.6. The van der Waals surface area contributed by atoms with Crippen molar-refractivity contribution in [3.8, 4) is 0 Å². The third-order valence-electron chi connectivity index (χ3n) is 11.6. The third-order valence-corrected chi connectivity index (χ3v) is 11.6. The highest BCUT2D eigenvalue weighted by molar-refractivity contribution is 5.80. The Morgan fingerprint density at radius 2 is 1.09 bits per heavy atom. The molecule has 1 saturated carbocycles. The third kappa shape index (κ3) is 30.4. The summed E-state index contributed by atoms with van der Waals surface area (Å²) >= 11 is 0. The first-order chi connectivity index (χ1) is 26.6. The van der Waals surface area contributed by atoms with E-state index < -0.39 is 6.04 Å². The number of carbonyl (C=O) groups is 4. The second-order valence-electron chi connectivity index (χ2n) is 16.9. The average molecular weight is 775 g/mol. The second-order valence-corrected chi connectivity index (χ2v) is 16.9. The Kier molecular flexibility index (Phi) is 32.0. The first-order valence-corrected chi connectivity index (χ1v) is 23.1. The number of aliphatic hydroxyl groups is 1. The molecule has 0 aliphatic heterocycles. The highest BCUT2D eigenvalue weighted by atomic mass is 16.3. The number of hydrogen-bond acceptors (Lipinski definition) is 6. The summed E-state index contributed by atoms with van der Waals surface area (Å²) in [5.74, 6) is 0.292. The molecule has 0 heterocycles. The molecule has 1 aliphatic rings. The zero-order valence-corrected chi connectivity index (χ0v) is 35.7. The van der Waals surface area contributed by atoms with Gasteiger partial charge in [-0.3, -0.25) is 14.4 Å². The van der Waals surface area contributed by atoms with E-state index in [4.69, 9.17) is 5.73 Å². The smallest absolute Gasteiger partial charge is 0.223 e. The molecule has 0 aromatic carbocycles. The summed E-state index contributed by atoms with van der Waals surface area (Å²) in [5, 5.41) is 19.1. The Bertz CT molecular complexity index is 1010. The van der Waals surface area contributed by atoms with Gasteiger partial charge < -0.3 is 31.6 Å². The van der Waals surface area contributed by atoms with Crippen LogP contribution in [0.2, 0.25) is 0 Å². The van der Waals surface area contributed by atoms with Crippen LogP contribution in [-0.2, 0) is 19.2 Å². The fourth-order valence-electron chi connectivity index (χ4n) is 7.82. The Labute approximate surface area is 337 Å². The van der Waals surface area contributed by atoms with E-state index in [9.17, 15) is 24.3 Å². The fourth-order valence-corrected chi connectivity index (χ4v) is 7.82. The van der Waals surface area contributed by atoms with E-state index in [0.717, 1.165) is 83.5 Å². The number of carbonyl (C=O) groups excluding carboxylic acids is 4. The van der Waals surface area contributed by atoms with Crippen LogP contribution in [0.25, 0.3) is 0 Å². The molecule has 0 radical (unpaired) electrons. The van der Waals surface area contributed by atoms with Crippen LogP contribution in [0.15, 0.2) is 12.3 Å². The molecule has 0 aromatic heterocycles. The zero-order valence-electron chi connectivity index (χ0n) is 35.7. The van der Waals surface area contributed by atoms with Crippen LogP contribution in [0.3, 0.4) is 0 Å². The Morgan fingerprint density at radius 1 is 0.618 bits per heavy atom. The maximum Gasteiger partial charge on any atom is 0.223 e. The second kappa shape index (κ2) is 34.8. The van der Waals surface area contributed by atoms with Crippen molar-refractivity contribution in [3.63, 3.8) is 0 Å². The zero-order chi connectivity index (χ0) is 40.4. The van der Waals surface area contributed by atoms with Crippen LogP contribution in [0.5, 0.6) is 0 Å². The molecule has 0 saturated heterocycles. The van der Waals surface area contributed by atoms with Gasteiger partial charge in [0, 0.05) is 44.3 Å². The first kappa shape index (κ1) is 50.6. The highest BCUT2D eigenvalue weighted by Gasteiger charge is 2.28. The molecule has 55 heavy (non-hydrogen) atoms. The van der Waals surface area contributed by atoms with Crippen LogP contribution >= 0.6 is 0 Å². The van der Waals surface area contributed by atoms with E-state index in [1.165, 1.54) is 96.3 Å². The number of aliphatic hydroxyl groups excluding tert-OH is 1. The van der Waals surface area contributed by atoms with Crippen molar-refractivity contribution in [1.29, 1.82) is 0 Å². The van der Waals surface area contributed by atoms with Gasteiger partial charge in [0.25, 0.3) is 0 Å². The molecular formula is C46H86N4O5. The van der Waals surface area contributed by atoms with Crippen LogP contribution < -0.4 is 21.7 Å². The summed E-state index contributed by atoms with van der Waals surface area (Å²) in [4.78, 5) is 48.9. The van der Waals surface area contributed by atoms with Gasteiger partial charge in [-0.05, 0) is 77.0 Å². The molecule has 2 atom stereocenters. The highest BCUT2D eigenvalue weighted by Crippen LogP contribution is 2.29. The molecule has 1 aliphatic carbocycles. The van der Waals surface area contributed by atoms with Crippen molar-refractivity contribution in [3.05, 3.63) is 12.3 Å². The van der Waals surface area contributed by atoms with Crippen LogP contribution in [0.4, 0.5) is 0 Å². The summed E-state index contributed by atoms with van der Waals surface area (Å²) in [7, 11) is 0. The molecule has 1 fully saturated rings. The molecule has 9 nitrogen and oxygen atoms in total. The van der Waals surface area contributed by atoms with Gasteiger partial charge in [-0.2, -0.15) is 0 Å². The molecule has 9 heteroatoms. The van der Waals surface area contributed by atoms with E-state index in [2.05, 4.69) is 29.5 Å². The SMILES string of the molecule is C=C(O)[C@H](CCC(=O)NCCCCC(N)CCCCCC(C)=O)NC(=O)C1CCC(CNC(=O)CCCCCCCCCCCCCCCCCCC)CC1. The van der Waals surface area contributed by atoms with Crippen molar-refractivity contribution in [2.75, 3.05) is 13.1 Å². The topological polar surface area (TPSA) is 151 Å². The Balaban J connectivity index is 2.04. The van der Waals surface area contributed by atoms with E-state index in [0.29, 0.717) is 38.3 Å². The number of nitrogens with two attached hydrogens (primary N) is 1. The number of hydrogen-bond donors (Lipinski definition) is 5. The van der Waals surface area contributed by atoms with Gasteiger partial charge in [-0.1, -0.05) is 135 Å². The minimum Gasteiger partial charge on any atom is -0.511 e. The summed E-state index contributed by atoms with van der Waals surface area (Å²) < 4.78 is 0. The molecule has 320 valence electrons. The van der Waals surface area contributed by atoms with Gasteiger partial charge in [0.05, 0.1) is 6.04 Å². The minimum atomic E-state index is -0.655. The van der Waals surface area contributed by atoms with Crippen molar-refractivity contribution in [2.24, 2.45) is 17.6 Å². The van der Waals surface area contributed by atoms with Crippen LogP contribution in [0, 0.1) is 11.8 Å². The lowest BCUT2D eigenvalue weighted by Gasteiger charge is -2.29. The molecule has 1 rings (SSSR count). The summed E-state index contributed by atoms with van der Waals surface area (Å²) in [6.07, 6.45) is 34.3. The summed E-state index contributed by atoms with van der Waals surface area (Å²) in [6.45, 7) is 8.79. The molecule has 1 unspecified atom stereocenters. The monoisotopic (exact) mass is 775 g/mol. The molecule has 0 bridgehead atoms. The van der Waals surface area contributed by atoms with Gasteiger partial charge >= 0.3 is 0 Å². The number of unbranched alkanes of at least 4 members (excludes halogenated alkanes) is 19. The largest absolute Gasteiger partial charge is 0.511 e. The maximum atomic E-state index is 13.0. The van der Waals surface area contributed by atoms with Crippen LogP contribution in [-0.4, -0.2) is 53.8 Å². The lowest BCUT2D eigenvalue weighted by Crippen LogP contribution is -2.42. The molecule has 0 spiro atoms. The van der Waals surface area contributed by atoms with Crippen molar-refractivity contribution in [1.82, 2.24) is 16.0 Å². The lowest BCUT2D eigenvalue weighted by atomic mass is 9.81. The van der Waals surface area contributed by atoms with E-state index in [1.807, 2.05) is 0 Å². The number of rotatable bonds is 37. The van der Waals surface area contributed by atoms with Gasteiger partial charge in [0.2, 0.25) is 17.7 Å². The van der Waals surface area contributed by atoms with Crippen molar-refractivity contribution < 1.29 is 24.3 Å². The van der Waals surface area contributed by atoms with Gasteiger partial charge in [-0.15, -0.1) is 0 Å².